The Labute approximate surface area is 105 Å². The topological polar surface area (TPSA) is 25.8 Å². The highest BCUT2D eigenvalue weighted by molar-refractivity contribution is 5.35. The van der Waals surface area contributed by atoms with E-state index >= 15 is 0 Å². The van der Waals surface area contributed by atoms with Crippen LogP contribution in [0.4, 0.5) is 0 Å². The van der Waals surface area contributed by atoms with Crippen molar-refractivity contribution >= 4 is 0 Å². The third-order valence-electron chi connectivity index (χ3n) is 2.66. The minimum atomic E-state index is 0.546. The molecule has 0 saturated heterocycles. The Kier molecular flexibility index (Phi) is 5.78. The first-order chi connectivity index (χ1) is 8.13. The standard InChI is InChI=1S/C15H23NO/c1-5-6-16-7-8-17-15-10-13(4)9-14(11-15)12(2)3/h5,9-12,16H,1,6-8H2,2-4H3/p+1. The molecule has 94 valence electrons. The number of hydrogen-bond donors (Lipinski definition) is 1. The Bertz CT molecular complexity index is 358. The molecule has 0 aliphatic carbocycles. The van der Waals surface area contributed by atoms with Gasteiger partial charge in [0.25, 0.3) is 0 Å². The van der Waals surface area contributed by atoms with Crippen LogP contribution in [0.25, 0.3) is 0 Å². The zero-order valence-electron chi connectivity index (χ0n) is 11.2. The molecule has 1 rings (SSSR count). The van der Waals surface area contributed by atoms with E-state index in [0.29, 0.717) is 5.92 Å². The fraction of sp³-hybridized carbons (Fsp3) is 0.467. The first-order valence-corrected chi connectivity index (χ1v) is 6.30. The lowest BCUT2D eigenvalue weighted by Crippen LogP contribution is -2.85. The van der Waals surface area contributed by atoms with Gasteiger partial charge in [0.2, 0.25) is 0 Å². The quantitative estimate of drug-likeness (QED) is 0.568. The lowest BCUT2D eigenvalue weighted by molar-refractivity contribution is -0.646. The highest BCUT2D eigenvalue weighted by Crippen LogP contribution is 2.22. The minimum absolute atomic E-state index is 0.546. The smallest absolute Gasteiger partial charge is 0.137 e. The molecule has 2 heteroatoms. The van der Waals surface area contributed by atoms with Crippen LogP contribution in [-0.4, -0.2) is 19.7 Å². The Morgan fingerprint density at radius 3 is 2.76 bits per heavy atom. The van der Waals surface area contributed by atoms with Crippen LogP contribution in [0, 0.1) is 6.92 Å². The van der Waals surface area contributed by atoms with Crippen molar-refractivity contribution in [3.8, 4) is 5.75 Å². The van der Waals surface area contributed by atoms with Crippen LogP contribution in [0.15, 0.2) is 30.9 Å². The summed E-state index contributed by atoms with van der Waals surface area (Å²) >= 11 is 0. The summed E-state index contributed by atoms with van der Waals surface area (Å²) in [5, 5.41) is 2.19. The molecular formula is C15H24NO+. The summed E-state index contributed by atoms with van der Waals surface area (Å²) in [5.74, 6) is 1.53. The van der Waals surface area contributed by atoms with Crippen molar-refractivity contribution < 1.29 is 10.1 Å². The summed E-state index contributed by atoms with van der Waals surface area (Å²) in [6.45, 7) is 12.9. The normalized spacial score (nSPS) is 10.6. The van der Waals surface area contributed by atoms with Gasteiger partial charge in [0.1, 0.15) is 18.9 Å². The van der Waals surface area contributed by atoms with E-state index in [0.717, 1.165) is 25.4 Å². The Morgan fingerprint density at radius 2 is 2.12 bits per heavy atom. The fourth-order valence-corrected chi connectivity index (χ4v) is 1.69. The van der Waals surface area contributed by atoms with Gasteiger partial charge in [0.15, 0.2) is 0 Å². The lowest BCUT2D eigenvalue weighted by Gasteiger charge is -2.11. The zero-order chi connectivity index (χ0) is 12.7. The summed E-state index contributed by atoms with van der Waals surface area (Å²) in [7, 11) is 0. The maximum absolute atomic E-state index is 5.76. The summed E-state index contributed by atoms with van der Waals surface area (Å²) in [4.78, 5) is 0. The number of rotatable bonds is 7. The van der Waals surface area contributed by atoms with E-state index in [2.05, 4.69) is 50.9 Å². The molecule has 0 amide bonds. The second-order valence-electron chi connectivity index (χ2n) is 4.68. The van der Waals surface area contributed by atoms with Crippen LogP contribution in [0.2, 0.25) is 0 Å². The average molecular weight is 234 g/mol. The van der Waals surface area contributed by atoms with E-state index < -0.39 is 0 Å². The van der Waals surface area contributed by atoms with Crippen molar-refractivity contribution in [3.05, 3.63) is 42.0 Å². The first kappa shape index (κ1) is 13.8. The van der Waals surface area contributed by atoms with E-state index in [9.17, 15) is 0 Å². The van der Waals surface area contributed by atoms with Gasteiger partial charge >= 0.3 is 0 Å². The maximum Gasteiger partial charge on any atom is 0.137 e. The van der Waals surface area contributed by atoms with Gasteiger partial charge in [-0.15, -0.1) is 0 Å². The molecule has 17 heavy (non-hydrogen) atoms. The van der Waals surface area contributed by atoms with Crippen LogP contribution in [0.5, 0.6) is 5.75 Å². The zero-order valence-corrected chi connectivity index (χ0v) is 11.2. The molecule has 0 heterocycles. The summed E-state index contributed by atoms with van der Waals surface area (Å²) in [6, 6.07) is 6.46. The van der Waals surface area contributed by atoms with Gasteiger partial charge in [-0.05, 0) is 42.2 Å². The molecule has 0 aliphatic rings. The molecule has 2 nitrogen and oxygen atoms in total. The van der Waals surface area contributed by atoms with Crippen molar-refractivity contribution in [1.82, 2.24) is 0 Å². The number of quaternary nitrogens is 1. The second-order valence-corrected chi connectivity index (χ2v) is 4.68. The third kappa shape index (κ3) is 5.05. The van der Waals surface area contributed by atoms with Gasteiger partial charge in [0, 0.05) is 0 Å². The molecule has 1 aromatic rings. The SMILES string of the molecule is C=CC[NH2+]CCOc1cc(C)cc(C(C)C)c1. The monoisotopic (exact) mass is 234 g/mol. The van der Waals surface area contributed by atoms with Crippen molar-refractivity contribution in [2.24, 2.45) is 0 Å². The molecule has 0 bridgehead atoms. The van der Waals surface area contributed by atoms with Gasteiger partial charge in [-0.3, -0.25) is 0 Å². The predicted molar refractivity (Wildman–Crippen MR) is 72.6 cm³/mol. The molecule has 0 radical (unpaired) electrons. The number of nitrogens with two attached hydrogens (primary N) is 1. The largest absolute Gasteiger partial charge is 0.488 e. The van der Waals surface area contributed by atoms with Gasteiger partial charge in [-0.1, -0.05) is 26.5 Å². The number of ether oxygens (including phenoxy) is 1. The first-order valence-electron chi connectivity index (χ1n) is 6.30. The highest BCUT2D eigenvalue weighted by atomic mass is 16.5. The van der Waals surface area contributed by atoms with Crippen LogP contribution in [0.3, 0.4) is 0 Å². The molecule has 0 aromatic heterocycles. The van der Waals surface area contributed by atoms with Crippen molar-refractivity contribution in [3.63, 3.8) is 0 Å². The molecule has 0 spiro atoms. The number of benzene rings is 1. The Balaban J connectivity index is 2.50. The number of aryl methyl sites for hydroxylation is 1. The Morgan fingerprint density at radius 1 is 1.35 bits per heavy atom. The average Bonchev–Trinajstić information content (AvgIpc) is 2.28. The predicted octanol–water partition coefficient (Wildman–Crippen LogP) is 2.25. The number of hydrogen-bond acceptors (Lipinski definition) is 1. The maximum atomic E-state index is 5.76. The molecule has 0 atom stereocenters. The van der Waals surface area contributed by atoms with Gasteiger partial charge in [-0.2, -0.15) is 0 Å². The highest BCUT2D eigenvalue weighted by Gasteiger charge is 2.03. The van der Waals surface area contributed by atoms with Crippen molar-refractivity contribution in [1.29, 1.82) is 0 Å². The minimum Gasteiger partial charge on any atom is -0.488 e. The van der Waals surface area contributed by atoms with Crippen LogP contribution in [-0.2, 0) is 0 Å². The van der Waals surface area contributed by atoms with E-state index in [1.54, 1.807) is 0 Å². The lowest BCUT2D eigenvalue weighted by atomic mass is 10.0. The van der Waals surface area contributed by atoms with Crippen molar-refractivity contribution in [2.75, 3.05) is 19.7 Å². The molecule has 0 aliphatic heterocycles. The van der Waals surface area contributed by atoms with Gasteiger partial charge in [-0.25, -0.2) is 0 Å². The molecule has 0 fully saturated rings. The van der Waals surface area contributed by atoms with Gasteiger partial charge in [0.05, 0.1) is 6.54 Å². The summed E-state index contributed by atoms with van der Waals surface area (Å²) in [5.41, 5.74) is 2.61. The van der Waals surface area contributed by atoms with Gasteiger partial charge < -0.3 is 10.1 Å². The van der Waals surface area contributed by atoms with E-state index in [-0.39, 0.29) is 0 Å². The van der Waals surface area contributed by atoms with E-state index in [1.165, 1.54) is 11.1 Å². The molecule has 0 saturated carbocycles. The summed E-state index contributed by atoms with van der Waals surface area (Å²) < 4.78 is 5.76. The molecule has 0 unspecified atom stereocenters. The second kappa shape index (κ2) is 7.13. The fourth-order valence-electron chi connectivity index (χ4n) is 1.69. The molecule has 2 N–H and O–H groups in total. The van der Waals surface area contributed by atoms with E-state index in [4.69, 9.17) is 4.74 Å². The van der Waals surface area contributed by atoms with E-state index in [1.807, 2.05) is 6.08 Å². The van der Waals surface area contributed by atoms with Crippen LogP contribution in [0.1, 0.15) is 30.9 Å². The third-order valence-corrected chi connectivity index (χ3v) is 2.66. The van der Waals surface area contributed by atoms with Crippen LogP contribution >= 0.6 is 0 Å². The Hall–Kier alpha value is -1.28. The summed E-state index contributed by atoms with van der Waals surface area (Å²) in [6.07, 6.45) is 1.91. The van der Waals surface area contributed by atoms with Crippen LogP contribution < -0.4 is 10.1 Å². The van der Waals surface area contributed by atoms with Crippen molar-refractivity contribution in [2.45, 2.75) is 26.7 Å². The molecular weight excluding hydrogens is 210 g/mol. The molecule has 1 aromatic carbocycles.